The quantitative estimate of drug-likeness (QED) is 0.119. The molecule has 0 bridgehead atoms. The van der Waals surface area contributed by atoms with Gasteiger partial charge >= 0.3 is 16.8 Å². The van der Waals surface area contributed by atoms with Gasteiger partial charge in [-0.05, 0) is 86.1 Å². The van der Waals surface area contributed by atoms with Crippen molar-refractivity contribution >= 4 is 12.4 Å². The van der Waals surface area contributed by atoms with E-state index < -0.39 is 0 Å². The molecule has 2 aromatic rings. The number of benzene rings is 2. The molecule has 2 rings (SSSR count). The molecule has 2 aromatic carbocycles. The van der Waals surface area contributed by atoms with Crippen molar-refractivity contribution in [1.29, 1.82) is 5.53 Å². The van der Waals surface area contributed by atoms with E-state index in [2.05, 4.69) is 34.9 Å². The fourth-order valence-corrected chi connectivity index (χ4v) is 3.03. The van der Waals surface area contributed by atoms with Crippen LogP contribution in [0.2, 0.25) is 0 Å². The minimum Gasteiger partial charge on any atom is -0.593 e. The molecule has 0 aliphatic rings. The Morgan fingerprint density at radius 2 is 1.45 bits per heavy atom. The van der Waals surface area contributed by atoms with Gasteiger partial charge in [0.25, 0.3) is 11.5 Å². The molecule has 0 radical (unpaired) electrons. The van der Waals surface area contributed by atoms with Crippen LogP contribution in [0.15, 0.2) is 46.4 Å². The molecule has 5 N–H and O–H groups in total. The van der Waals surface area contributed by atoms with Crippen molar-refractivity contribution in [2.45, 2.75) is 33.1 Å². The Balaban J connectivity index is 0.00000242. The van der Waals surface area contributed by atoms with Gasteiger partial charge in [-0.3, -0.25) is 9.98 Å². The molecule has 0 aliphatic heterocycles. The van der Waals surface area contributed by atoms with Gasteiger partial charge in [-0.25, -0.2) is 0 Å². The van der Waals surface area contributed by atoms with Crippen LogP contribution >= 0.6 is 0 Å². The number of nitrogens with one attached hydrogen (secondary N) is 1. The monoisotopic (exact) mass is 499 g/mol. The van der Waals surface area contributed by atoms with Crippen LogP contribution in [0.3, 0.4) is 0 Å². The van der Waals surface area contributed by atoms with Gasteiger partial charge in [0, 0.05) is 37.7 Å². The maximum atomic E-state index is 7.96. The molecule has 0 saturated heterocycles. The van der Waals surface area contributed by atoms with E-state index in [1.165, 1.54) is 5.56 Å². The Labute approximate surface area is 206 Å². The predicted molar refractivity (Wildman–Crippen MR) is 134 cm³/mol. The van der Waals surface area contributed by atoms with Crippen LogP contribution < -0.4 is 0 Å². The van der Waals surface area contributed by atoms with Crippen molar-refractivity contribution < 1.29 is 27.0 Å². The first-order chi connectivity index (χ1) is 15.4. The summed E-state index contributed by atoms with van der Waals surface area (Å²) in [6.07, 6.45) is 6.63. The fraction of sp³-hybridized carbons (Fsp3) is 0.417. The van der Waals surface area contributed by atoms with Crippen LogP contribution in [0.25, 0.3) is 10.4 Å². The smallest absolute Gasteiger partial charge is 0.593 e. The Bertz CT molecular complexity index is 927. The zero-order valence-electron chi connectivity index (χ0n) is 19.6. The summed E-state index contributed by atoms with van der Waals surface area (Å²) in [5, 5.41) is 15.8. The maximum absolute atomic E-state index is 7.96. The minimum atomic E-state index is 0. The van der Waals surface area contributed by atoms with Gasteiger partial charge in [-0.15, -0.1) is 5.53 Å². The summed E-state index contributed by atoms with van der Waals surface area (Å²) in [6.45, 7) is 7.70. The third-order valence-corrected chi connectivity index (χ3v) is 4.85. The average Bonchev–Trinajstić information content (AvgIpc) is 2.77. The minimum absolute atomic E-state index is 0. The van der Waals surface area contributed by atoms with Crippen molar-refractivity contribution in [2.24, 2.45) is 9.98 Å². The van der Waals surface area contributed by atoms with E-state index in [9.17, 15) is 0 Å². The SMILES string of the molecule is CCc1ccc([OH2+])c(C=NCCCN(C)CCCN=Cc2cc(C)ccc2[OH2+])c1.[Co+3].[N-]=[N+]=N. The molecule has 0 amide bonds. The number of hydrogen-bond acceptors (Lipinski definition) is 4. The predicted octanol–water partition coefficient (Wildman–Crippen LogP) is 4.56. The molecule has 0 atom stereocenters. The molecule has 0 fully saturated rings. The molecule has 0 unspecified atom stereocenters. The van der Waals surface area contributed by atoms with E-state index in [1.807, 2.05) is 49.7 Å². The molecule has 0 saturated carbocycles. The molecule has 0 spiro atoms. The van der Waals surface area contributed by atoms with E-state index in [0.29, 0.717) is 11.5 Å². The summed E-state index contributed by atoms with van der Waals surface area (Å²) in [5.41, 5.74) is 16.4. The molecule has 9 heteroatoms. The van der Waals surface area contributed by atoms with Crippen molar-refractivity contribution in [2.75, 3.05) is 33.2 Å². The summed E-state index contributed by atoms with van der Waals surface area (Å²) < 4.78 is 0. The van der Waals surface area contributed by atoms with Crippen LogP contribution in [-0.2, 0) is 23.2 Å². The van der Waals surface area contributed by atoms with Gasteiger partial charge in [-0.1, -0.05) is 13.0 Å². The molecule has 178 valence electrons. The van der Waals surface area contributed by atoms with Crippen molar-refractivity contribution in [3.8, 4) is 11.5 Å². The Kier molecular flexibility index (Phi) is 16.2. The number of nitrogens with zero attached hydrogens (tertiary/aromatic N) is 5. The van der Waals surface area contributed by atoms with Crippen molar-refractivity contribution in [1.82, 2.24) is 4.90 Å². The Hall–Kier alpha value is -2.84. The number of aryl methyl sites for hydroxylation is 2. The third kappa shape index (κ3) is 12.7. The normalized spacial score (nSPS) is 10.7. The van der Waals surface area contributed by atoms with Gasteiger partial charge in [0.2, 0.25) is 0 Å². The summed E-state index contributed by atoms with van der Waals surface area (Å²) in [5.74, 6) is 1.06. The van der Waals surface area contributed by atoms with Crippen LogP contribution in [0.5, 0.6) is 11.5 Å². The second-order valence-electron chi connectivity index (χ2n) is 7.55. The van der Waals surface area contributed by atoms with E-state index in [1.54, 1.807) is 4.91 Å². The van der Waals surface area contributed by atoms with Crippen LogP contribution in [0.1, 0.15) is 42.0 Å². The fourth-order valence-electron chi connectivity index (χ4n) is 3.03. The number of hydrogen-bond donors (Lipinski definition) is 1. The van der Waals surface area contributed by atoms with Crippen molar-refractivity contribution in [3.05, 3.63) is 69.1 Å². The van der Waals surface area contributed by atoms with Crippen LogP contribution in [0.4, 0.5) is 0 Å². The zero-order valence-corrected chi connectivity index (χ0v) is 20.7. The Morgan fingerprint density at radius 3 is 1.97 bits per heavy atom. The van der Waals surface area contributed by atoms with Crippen molar-refractivity contribution in [3.63, 3.8) is 0 Å². The van der Waals surface area contributed by atoms with Gasteiger partial charge in [0.1, 0.15) is 0 Å². The van der Waals surface area contributed by atoms with E-state index >= 15 is 0 Å². The summed E-state index contributed by atoms with van der Waals surface area (Å²) >= 11 is 0. The molecule has 8 nitrogen and oxygen atoms in total. The van der Waals surface area contributed by atoms with E-state index in [-0.39, 0.29) is 16.8 Å². The third-order valence-electron chi connectivity index (χ3n) is 4.85. The first-order valence-electron chi connectivity index (χ1n) is 10.8. The zero-order chi connectivity index (χ0) is 23.8. The molecule has 0 aliphatic carbocycles. The topological polar surface area (TPSA) is 134 Å². The second-order valence-corrected chi connectivity index (χ2v) is 7.55. The average molecular weight is 500 g/mol. The summed E-state index contributed by atoms with van der Waals surface area (Å²) in [7, 11) is 2.13. The van der Waals surface area contributed by atoms with Gasteiger partial charge < -0.3 is 15.1 Å². The molecule has 33 heavy (non-hydrogen) atoms. The van der Waals surface area contributed by atoms with Gasteiger partial charge in [0.05, 0.1) is 11.1 Å². The summed E-state index contributed by atoms with van der Waals surface area (Å²) in [4.78, 5) is 13.0. The largest absolute Gasteiger partial charge is 3.00 e. The molecular weight excluding hydrogens is 463 g/mol. The van der Waals surface area contributed by atoms with E-state index in [4.69, 9.17) is 21.3 Å². The first kappa shape index (κ1) is 30.2. The second kappa shape index (κ2) is 17.7. The number of aliphatic imine (C=N–C) groups is 2. The van der Waals surface area contributed by atoms with Crippen LogP contribution in [0, 0.1) is 12.5 Å². The van der Waals surface area contributed by atoms with E-state index in [0.717, 1.165) is 62.1 Å². The van der Waals surface area contributed by atoms with Gasteiger partial charge in [0.15, 0.2) is 0 Å². The number of rotatable bonds is 11. The first-order valence-corrected chi connectivity index (χ1v) is 10.8. The molecular formula is C24H36CoN6O2+5. The van der Waals surface area contributed by atoms with Gasteiger partial charge in [-0.2, -0.15) is 0 Å². The molecule has 0 aromatic heterocycles. The maximum Gasteiger partial charge on any atom is 3.00 e. The standard InChI is InChI=1S/C24H33N3O2.Co.HN3/c1-4-20-8-10-24(29)22(16-20)18-26-12-6-14-27(3)13-5-11-25-17-21-15-19(2)7-9-23(21)28;;1-3-2/h7-10,15-18,28-29H,4-6,11-14H2,1-3H3;;1H/q;+3;/p+2. The summed E-state index contributed by atoms with van der Waals surface area (Å²) in [6, 6.07) is 11.7. The van der Waals surface area contributed by atoms with Crippen LogP contribution in [-0.4, -0.2) is 60.8 Å². The Morgan fingerprint density at radius 1 is 0.970 bits per heavy atom. The molecule has 0 heterocycles.